The van der Waals surface area contributed by atoms with Gasteiger partial charge in [-0.2, -0.15) is 13.2 Å². The number of sulfonamides is 1. The van der Waals surface area contributed by atoms with E-state index in [1.165, 1.54) is 48.5 Å². The zero-order valence-electron chi connectivity index (χ0n) is 16.8. The number of benzene rings is 2. The highest BCUT2D eigenvalue weighted by Crippen LogP contribution is 2.33. The molecule has 0 aliphatic carbocycles. The van der Waals surface area contributed by atoms with Gasteiger partial charge in [0.2, 0.25) is 0 Å². The summed E-state index contributed by atoms with van der Waals surface area (Å²) >= 11 is 0. The number of aliphatic hydroxyl groups is 1. The number of ether oxygens (including phenoxy) is 1. The highest BCUT2D eigenvalue weighted by molar-refractivity contribution is 7.92. The molecule has 0 aliphatic heterocycles. The van der Waals surface area contributed by atoms with Gasteiger partial charge in [-0.1, -0.05) is 6.07 Å². The fraction of sp³-hybridized carbons (Fsp3) is 0.143. The molecule has 8 nitrogen and oxygen atoms in total. The molecule has 0 fully saturated rings. The number of nitrogens with one attached hydrogen (secondary N) is 2. The van der Waals surface area contributed by atoms with Gasteiger partial charge in [-0.05, 0) is 54.6 Å². The Labute approximate surface area is 187 Å². The Kier molecular flexibility index (Phi) is 7.19. The standard InChI is InChI=1S/C21H18F3N3O5S/c22-21(23,24)14-2-1-3-17(12-14)32-16-5-7-18(8-6-16)33(30,31)27-15-4-9-19(26-13-15)20(29)25-10-11-28/h1-9,12-13,27-28H,10-11H2,(H,25,29). The van der Waals surface area contributed by atoms with Gasteiger partial charge in [-0.15, -0.1) is 0 Å². The van der Waals surface area contributed by atoms with Crippen molar-refractivity contribution in [1.82, 2.24) is 10.3 Å². The van der Waals surface area contributed by atoms with Gasteiger partial charge in [0.1, 0.15) is 17.2 Å². The number of carbonyl (C=O) groups is 1. The summed E-state index contributed by atoms with van der Waals surface area (Å²) < 4.78 is 71.3. The number of hydrogen-bond acceptors (Lipinski definition) is 6. The Bertz CT molecular complexity index is 1220. The van der Waals surface area contributed by atoms with Gasteiger partial charge in [-0.3, -0.25) is 9.52 Å². The third-order valence-corrected chi connectivity index (χ3v) is 5.57. The van der Waals surface area contributed by atoms with Crippen LogP contribution in [0.3, 0.4) is 0 Å². The maximum absolute atomic E-state index is 12.8. The zero-order valence-corrected chi connectivity index (χ0v) is 17.7. The van der Waals surface area contributed by atoms with Gasteiger partial charge in [0.05, 0.1) is 29.0 Å². The maximum atomic E-state index is 12.8. The third kappa shape index (κ3) is 6.43. The van der Waals surface area contributed by atoms with Crippen molar-refractivity contribution in [3.05, 3.63) is 78.1 Å². The van der Waals surface area contributed by atoms with Gasteiger partial charge in [0.15, 0.2) is 0 Å². The highest BCUT2D eigenvalue weighted by Gasteiger charge is 2.30. The summed E-state index contributed by atoms with van der Waals surface area (Å²) in [5.41, 5.74) is -0.714. The lowest BCUT2D eigenvalue weighted by Crippen LogP contribution is -2.27. The second kappa shape index (κ2) is 9.88. The summed E-state index contributed by atoms with van der Waals surface area (Å²) in [7, 11) is -4.00. The fourth-order valence-electron chi connectivity index (χ4n) is 2.62. The molecule has 3 N–H and O–H groups in total. The molecule has 2 aromatic carbocycles. The predicted octanol–water partition coefficient (Wildman–Crippen LogP) is 3.42. The molecule has 1 amide bonds. The number of carbonyl (C=O) groups excluding carboxylic acids is 1. The zero-order chi connectivity index (χ0) is 24.1. The first-order valence-corrected chi connectivity index (χ1v) is 10.9. The number of hydrogen-bond donors (Lipinski definition) is 3. The molecule has 33 heavy (non-hydrogen) atoms. The van der Waals surface area contributed by atoms with E-state index in [-0.39, 0.29) is 40.9 Å². The number of halogens is 3. The molecule has 174 valence electrons. The Balaban J connectivity index is 1.68. The van der Waals surface area contributed by atoms with Crippen molar-refractivity contribution in [3.8, 4) is 11.5 Å². The molecule has 0 saturated carbocycles. The van der Waals surface area contributed by atoms with Gasteiger partial charge < -0.3 is 15.2 Å². The molecule has 1 heterocycles. The minimum Gasteiger partial charge on any atom is -0.457 e. The normalized spacial score (nSPS) is 11.6. The molecule has 0 unspecified atom stereocenters. The van der Waals surface area contributed by atoms with Crippen LogP contribution in [0.15, 0.2) is 71.8 Å². The molecule has 0 atom stereocenters. The van der Waals surface area contributed by atoms with E-state index in [0.29, 0.717) is 0 Å². The molecule has 0 spiro atoms. The first-order valence-electron chi connectivity index (χ1n) is 9.41. The average Bonchev–Trinajstić information content (AvgIpc) is 2.78. The van der Waals surface area contributed by atoms with Crippen molar-refractivity contribution in [1.29, 1.82) is 0 Å². The predicted molar refractivity (Wildman–Crippen MR) is 112 cm³/mol. The average molecular weight is 481 g/mol. The quantitative estimate of drug-likeness (QED) is 0.454. The molecule has 3 aromatic rings. The molecule has 1 aromatic heterocycles. The van der Waals surface area contributed by atoms with E-state index in [2.05, 4.69) is 15.0 Å². The number of nitrogens with zero attached hydrogens (tertiary/aromatic N) is 1. The van der Waals surface area contributed by atoms with Crippen LogP contribution in [0.2, 0.25) is 0 Å². The minimum absolute atomic E-state index is 0.0440. The number of pyridine rings is 1. The Morgan fingerprint density at radius 2 is 1.76 bits per heavy atom. The lowest BCUT2D eigenvalue weighted by atomic mass is 10.2. The van der Waals surface area contributed by atoms with Crippen LogP contribution in [0, 0.1) is 0 Å². The Hall–Kier alpha value is -3.64. The summed E-state index contributed by atoms with van der Waals surface area (Å²) in [4.78, 5) is 15.5. The minimum atomic E-state index is -4.51. The molecular weight excluding hydrogens is 463 g/mol. The van der Waals surface area contributed by atoms with Crippen molar-refractivity contribution in [3.63, 3.8) is 0 Å². The van der Waals surface area contributed by atoms with Crippen LogP contribution in [0.5, 0.6) is 11.5 Å². The summed E-state index contributed by atoms with van der Waals surface area (Å²) in [5.74, 6) is -0.421. The molecule has 3 rings (SSSR count). The summed E-state index contributed by atoms with van der Waals surface area (Å²) in [5, 5.41) is 11.1. The van der Waals surface area contributed by atoms with Crippen LogP contribution in [0.25, 0.3) is 0 Å². The Morgan fingerprint density at radius 1 is 1.03 bits per heavy atom. The first-order chi connectivity index (χ1) is 15.6. The van der Waals surface area contributed by atoms with Gasteiger partial charge in [0.25, 0.3) is 15.9 Å². The van der Waals surface area contributed by atoms with Crippen LogP contribution >= 0.6 is 0 Å². The van der Waals surface area contributed by atoms with E-state index in [0.717, 1.165) is 18.3 Å². The second-order valence-electron chi connectivity index (χ2n) is 6.62. The van der Waals surface area contributed by atoms with Crippen molar-refractivity contribution in [2.75, 3.05) is 17.9 Å². The van der Waals surface area contributed by atoms with Gasteiger partial charge in [0, 0.05) is 6.54 Å². The molecule has 0 radical (unpaired) electrons. The van der Waals surface area contributed by atoms with Crippen LogP contribution in [-0.2, 0) is 16.2 Å². The van der Waals surface area contributed by atoms with Crippen molar-refractivity contribution in [2.24, 2.45) is 0 Å². The summed E-state index contributed by atoms with van der Waals surface area (Å²) in [6, 6.07) is 12.1. The fourth-order valence-corrected chi connectivity index (χ4v) is 3.66. The topological polar surface area (TPSA) is 118 Å². The SMILES string of the molecule is O=C(NCCO)c1ccc(NS(=O)(=O)c2ccc(Oc3cccc(C(F)(F)F)c3)cc2)cn1. The maximum Gasteiger partial charge on any atom is 0.416 e. The van der Waals surface area contributed by atoms with E-state index in [1.54, 1.807) is 0 Å². The van der Waals surface area contributed by atoms with E-state index in [9.17, 15) is 26.4 Å². The van der Waals surface area contributed by atoms with Crippen LogP contribution < -0.4 is 14.8 Å². The molecule has 0 bridgehead atoms. The number of alkyl halides is 3. The molecule has 0 aliphatic rings. The highest BCUT2D eigenvalue weighted by atomic mass is 32.2. The second-order valence-corrected chi connectivity index (χ2v) is 8.30. The Morgan fingerprint density at radius 3 is 2.36 bits per heavy atom. The summed E-state index contributed by atoms with van der Waals surface area (Å²) in [6.45, 7) is -0.171. The monoisotopic (exact) mass is 481 g/mol. The smallest absolute Gasteiger partial charge is 0.416 e. The third-order valence-electron chi connectivity index (χ3n) is 4.18. The molecular formula is C21H18F3N3O5S. The van der Waals surface area contributed by atoms with E-state index in [1.807, 2.05) is 0 Å². The van der Waals surface area contributed by atoms with E-state index >= 15 is 0 Å². The van der Waals surface area contributed by atoms with Crippen LogP contribution in [-0.4, -0.2) is 37.6 Å². The summed E-state index contributed by atoms with van der Waals surface area (Å²) in [6.07, 6.45) is -3.35. The van der Waals surface area contributed by atoms with Crippen molar-refractivity contribution >= 4 is 21.6 Å². The largest absolute Gasteiger partial charge is 0.457 e. The van der Waals surface area contributed by atoms with Crippen LogP contribution in [0.4, 0.5) is 18.9 Å². The lowest BCUT2D eigenvalue weighted by Gasteiger charge is -2.11. The van der Waals surface area contributed by atoms with Crippen molar-refractivity contribution in [2.45, 2.75) is 11.1 Å². The number of rotatable bonds is 8. The number of aromatic nitrogens is 1. The number of amides is 1. The van der Waals surface area contributed by atoms with E-state index < -0.39 is 27.7 Å². The van der Waals surface area contributed by atoms with E-state index in [4.69, 9.17) is 9.84 Å². The molecule has 12 heteroatoms. The number of anilines is 1. The van der Waals surface area contributed by atoms with Gasteiger partial charge >= 0.3 is 6.18 Å². The first kappa shape index (κ1) is 24.0. The number of aliphatic hydroxyl groups excluding tert-OH is 1. The lowest BCUT2D eigenvalue weighted by molar-refractivity contribution is -0.137. The van der Waals surface area contributed by atoms with Crippen molar-refractivity contribution < 1.29 is 36.2 Å². The molecule has 0 saturated heterocycles. The van der Waals surface area contributed by atoms with Crippen LogP contribution in [0.1, 0.15) is 16.1 Å². The van der Waals surface area contributed by atoms with Gasteiger partial charge in [-0.25, -0.2) is 13.4 Å².